The molecule has 1 unspecified atom stereocenters. The van der Waals surface area contributed by atoms with Gasteiger partial charge in [0.2, 0.25) is 0 Å². The summed E-state index contributed by atoms with van der Waals surface area (Å²) in [4.78, 5) is 2.18. The highest BCUT2D eigenvalue weighted by atomic mass is 32.2. The van der Waals surface area contributed by atoms with Crippen molar-refractivity contribution in [3.8, 4) is 0 Å². The molecule has 84 valence electrons. The minimum atomic E-state index is -0.110. The van der Waals surface area contributed by atoms with Gasteiger partial charge in [-0.1, -0.05) is 18.2 Å². The first-order chi connectivity index (χ1) is 7.16. The highest BCUT2D eigenvalue weighted by molar-refractivity contribution is 7.98. The standard InChI is InChI=1S/C12H18FNS/c1-10(14(2)8-9-15-3)11-6-4-5-7-12(11)13/h4-7,10H,8-9H2,1-3H3. The van der Waals surface area contributed by atoms with Crippen LogP contribution in [0, 0.1) is 5.82 Å². The van der Waals surface area contributed by atoms with Crippen LogP contribution in [-0.2, 0) is 0 Å². The van der Waals surface area contributed by atoms with Gasteiger partial charge in [0.25, 0.3) is 0 Å². The largest absolute Gasteiger partial charge is 0.299 e. The van der Waals surface area contributed by atoms with E-state index in [1.165, 1.54) is 6.07 Å². The zero-order chi connectivity index (χ0) is 11.3. The number of benzene rings is 1. The van der Waals surface area contributed by atoms with Crippen molar-refractivity contribution >= 4 is 11.8 Å². The van der Waals surface area contributed by atoms with Gasteiger partial charge >= 0.3 is 0 Å². The Bertz CT molecular complexity index is 303. The van der Waals surface area contributed by atoms with Crippen LogP contribution in [0.15, 0.2) is 24.3 Å². The van der Waals surface area contributed by atoms with Gasteiger partial charge in [0.1, 0.15) is 5.82 Å². The lowest BCUT2D eigenvalue weighted by Crippen LogP contribution is -2.25. The normalized spacial score (nSPS) is 13.1. The number of nitrogens with zero attached hydrogens (tertiary/aromatic N) is 1. The molecule has 3 heteroatoms. The van der Waals surface area contributed by atoms with Gasteiger partial charge in [0.15, 0.2) is 0 Å². The molecular weight excluding hydrogens is 209 g/mol. The quantitative estimate of drug-likeness (QED) is 0.760. The molecule has 0 aliphatic heterocycles. The Hall–Kier alpha value is -0.540. The Kier molecular flexibility index (Phi) is 5.12. The lowest BCUT2D eigenvalue weighted by Gasteiger charge is -2.24. The fourth-order valence-electron chi connectivity index (χ4n) is 1.48. The lowest BCUT2D eigenvalue weighted by molar-refractivity contribution is 0.272. The Morgan fingerprint density at radius 2 is 2.07 bits per heavy atom. The molecule has 1 aromatic carbocycles. The average molecular weight is 227 g/mol. The van der Waals surface area contributed by atoms with E-state index in [9.17, 15) is 4.39 Å². The topological polar surface area (TPSA) is 3.24 Å². The number of rotatable bonds is 5. The fraction of sp³-hybridized carbons (Fsp3) is 0.500. The molecule has 0 bridgehead atoms. The third-order valence-corrected chi connectivity index (χ3v) is 3.26. The summed E-state index contributed by atoms with van der Waals surface area (Å²) in [6.07, 6.45) is 2.08. The van der Waals surface area contributed by atoms with Gasteiger partial charge in [0, 0.05) is 23.9 Å². The molecule has 0 saturated carbocycles. The van der Waals surface area contributed by atoms with Crippen molar-refractivity contribution in [2.24, 2.45) is 0 Å². The smallest absolute Gasteiger partial charge is 0.127 e. The summed E-state index contributed by atoms with van der Waals surface area (Å²) in [6, 6.07) is 7.13. The summed E-state index contributed by atoms with van der Waals surface area (Å²) in [5, 5.41) is 0. The first-order valence-electron chi connectivity index (χ1n) is 5.10. The summed E-state index contributed by atoms with van der Waals surface area (Å²) in [5.41, 5.74) is 0.779. The molecule has 15 heavy (non-hydrogen) atoms. The van der Waals surface area contributed by atoms with E-state index in [4.69, 9.17) is 0 Å². The molecule has 0 fully saturated rings. The molecule has 0 aliphatic rings. The van der Waals surface area contributed by atoms with E-state index in [0.717, 1.165) is 17.9 Å². The maximum absolute atomic E-state index is 13.5. The molecule has 0 saturated heterocycles. The Labute approximate surface area is 95.7 Å². The molecule has 0 spiro atoms. The first kappa shape index (κ1) is 12.5. The second-order valence-corrected chi connectivity index (χ2v) is 4.66. The predicted octanol–water partition coefficient (Wildman–Crippen LogP) is 3.18. The zero-order valence-corrected chi connectivity index (χ0v) is 10.4. The fourth-order valence-corrected chi connectivity index (χ4v) is 1.95. The molecule has 1 aromatic rings. The van der Waals surface area contributed by atoms with Crippen molar-refractivity contribution in [1.82, 2.24) is 4.90 Å². The van der Waals surface area contributed by atoms with Gasteiger partial charge in [-0.25, -0.2) is 4.39 Å². The van der Waals surface area contributed by atoms with Crippen molar-refractivity contribution < 1.29 is 4.39 Å². The maximum atomic E-state index is 13.5. The minimum absolute atomic E-state index is 0.110. The van der Waals surface area contributed by atoms with E-state index in [1.54, 1.807) is 6.07 Å². The van der Waals surface area contributed by atoms with Crippen molar-refractivity contribution in [2.75, 3.05) is 25.6 Å². The van der Waals surface area contributed by atoms with Crippen LogP contribution in [0.3, 0.4) is 0 Å². The Morgan fingerprint density at radius 3 is 2.67 bits per heavy atom. The van der Waals surface area contributed by atoms with E-state index in [1.807, 2.05) is 37.9 Å². The molecule has 1 rings (SSSR count). The van der Waals surface area contributed by atoms with Gasteiger partial charge in [0.05, 0.1) is 0 Å². The summed E-state index contributed by atoms with van der Waals surface area (Å²) >= 11 is 1.81. The van der Waals surface area contributed by atoms with Gasteiger partial charge < -0.3 is 0 Å². The van der Waals surface area contributed by atoms with E-state index in [-0.39, 0.29) is 11.9 Å². The molecule has 0 aliphatic carbocycles. The average Bonchev–Trinajstić information content (AvgIpc) is 2.25. The van der Waals surface area contributed by atoms with Crippen LogP contribution in [0.2, 0.25) is 0 Å². The zero-order valence-electron chi connectivity index (χ0n) is 9.53. The van der Waals surface area contributed by atoms with Crippen LogP contribution in [0.25, 0.3) is 0 Å². The summed E-state index contributed by atoms with van der Waals surface area (Å²) in [7, 11) is 2.04. The molecule has 0 aromatic heterocycles. The maximum Gasteiger partial charge on any atom is 0.127 e. The van der Waals surface area contributed by atoms with Gasteiger partial charge in [-0.2, -0.15) is 11.8 Å². The van der Waals surface area contributed by atoms with E-state index >= 15 is 0 Å². The van der Waals surface area contributed by atoms with E-state index in [2.05, 4.69) is 11.2 Å². The van der Waals surface area contributed by atoms with E-state index < -0.39 is 0 Å². The van der Waals surface area contributed by atoms with Crippen LogP contribution in [0.4, 0.5) is 4.39 Å². The molecular formula is C12H18FNS. The SMILES string of the molecule is CSCCN(C)C(C)c1ccccc1F. The van der Waals surface area contributed by atoms with Gasteiger partial charge in [-0.3, -0.25) is 4.90 Å². The number of halogens is 1. The van der Waals surface area contributed by atoms with Crippen molar-refractivity contribution in [3.63, 3.8) is 0 Å². The Balaban J connectivity index is 2.67. The lowest BCUT2D eigenvalue weighted by atomic mass is 10.1. The van der Waals surface area contributed by atoms with Gasteiger partial charge in [-0.05, 0) is 26.3 Å². The second kappa shape index (κ2) is 6.13. The van der Waals surface area contributed by atoms with Crippen LogP contribution in [0.5, 0.6) is 0 Å². The Morgan fingerprint density at radius 1 is 1.40 bits per heavy atom. The van der Waals surface area contributed by atoms with Crippen molar-refractivity contribution in [1.29, 1.82) is 0 Å². The van der Waals surface area contributed by atoms with Gasteiger partial charge in [-0.15, -0.1) is 0 Å². The van der Waals surface area contributed by atoms with E-state index in [0.29, 0.717) is 0 Å². The van der Waals surface area contributed by atoms with Crippen molar-refractivity contribution in [3.05, 3.63) is 35.6 Å². The molecule has 0 amide bonds. The molecule has 1 atom stereocenters. The monoisotopic (exact) mass is 227 g/mol. The number of hydrogen-bond donors (Lipinski definition) is 0. The molecule has 1 nitrogen and oxygen atoms in total. The summed E-state index contributed by atoms with van der Waals surface area (Å²) < 4.78 is 13.5. The van der Waals surface area contributed by atoms with Crippen LogP contribution < -0.4 is 0 Å². The molecule has 0 heterocycles. The second-order valence-electron chi connectivity index (χ2n) is 3.67. The third-order valence-electron chi connectivity index (χ3n) is 2.66. The highest BCUT2D eigenvalue weighted by Gasteiger charge is 2.14. The summed E-state index contributed by atoms with van der Waals surface area (Å²) in [6.45, 7) is 3.02. The third kappa shape index (κ3) is 3.50. The minimum Gasteiger partial charge on any atom is -0.299 e. The predicted molar refractivity (Wildman–Crippen MR) is 65.8 cm³/mol. The van der Waals surface area contributed by atoms with Crippen molar-refractivity contribution in [2.45, 2.75) is 13.0 Å². The number of hydrogen-bond acceptors (Lipinski definition) is 2. The summed E-state index contributed by atoms with van der Waals surface area (Å²) in [5.74, 6) is 0.968. The number of thioether (sulfide) groups is 1. The molecule has 0 N–H and O–H groups in total. The molecule has 0 radical (unpaired) electrons. The van der Waals surface area contributed by atoms with Crippen LogP contribution >= 0.6 is 11.8 Å². The first-order valence-corrected chi connectivity index (χ1v) is 6.49. The van der Waals surface area contributed by atoms with Crippen LogP contribution in [0.1, 0.15) is 18.5 Å². The van der Waals surface area contributed by atoms with Crippen LogP contribution in [-0.4, -0.2) is 30.5 Å². The highest BCUT2D eigenvalue weighted by Crippen LogP contribution is 2.21.